The third-order valence-electron chi connectivity index (χ3n) is 10.8. The Morgan fingerprint density at radius 1 is 0.761 bits per heavy atom. The molecule has 0 aliphatic heterocycles. The number of fused-ring (bicyclic) bond motifs is 12. The zero-order valence-corrected chi connectivity index (χ0v) is 26.1. The number of aromatic nitrogens is 1. The number of aryl methyl sites for hydroxylation is 1. The van der Waals surface area contributed by atoms with Gasteiger partial charge in [-0.1, -0.05) is 98.0 Å². The first-order chi connectivity index (χ1) is 22.8. The van der Waals surface area contributed by atoms with Crippen LogP contribution in [0.4, 0.5) is 0 Å². The van der Waals surface area contributed by atoms with Gasteiger partial charge in [-0.25, -0.2) is 0 Å². The lowest BCUT2D eigenvalue weighted by atomic mass is 9.69. The predicted molar refractivity (Wildman–Crippen MR) is 193 cm³/mol. The van der Waals surface area contributed by atoms with E-state index in [0.717, 1.165) is 49.9 Å². The predicted octanol–water partition coefficient (Wildman–Crippen LogP) is 10.2. The van der Waals surface area contributed by atoms with Crippen LogP contribution in [0.5, 0.6) is 0 Å². The first-order valence-corrected chi connectivity index (χ1v) is 17.0. The maximum atomic E-state index is 6.89. The van der Waals surface area contributed by atoms with Crippen LogP contribution in [0.1, 0.15) is 55.7 Å². The lowest BCUT2D eigenvalue weighted by Crippen LogP contribution is -2.30. The Hall–Kier alpha value is -5.08. The highest BCUT2D eigenvalue weighted by molar-refractivity contribution is 6.21. The van der Waals surface area contributed by atoms with E-state index in [1.165, 1.54) is 82.2 Å². The molecule has 2 heteroatoms. The van der Waals surface area contributed by atoms with E-state index in [0.29, 0.717) is 5.92 Å². The summed E-state index contributed by atoms with van der Waals surface area (Å²) in [7, 11) is 0. The zero-order chi connectivity index (χ0) is 30.4. The Balaban J connectivity index is 1.21. The van der Waals surface area contributed by atoms with Crippen LogP contribution in [0.15, 0.2) is 113 Å². The largest absolute Gasteiger partial charge is 0.456 e. The first-order valence-electron chi connectivity index (χ1n) is 17.0. The molecular weight excluding hydrogens is 558 g/mol. The van der Waals surface area contributed by atoms with Crippen LogP contribution >= 0.6 is 0 Å². The summed E-state index contributed by atoms with van der Waals surface area (Å²) in [6, 6.07) is 24.8. The molecule has 10 rings (SSSR count). The van der Waals surface area contributed by atoms with Crippen molar-refractivity contribution in [1.82, 2.24) is 4.57 Å². The number of hydrogen-bond acceptors (Lipinski definition) is 1. The van der Waals surface area contributed by atoms with E-state index in [2.05, 4.69) is 127 Å². The fourth-order valence-electron chi connectivity index (χ4n) is 8.75. The number of allylic oxidation sites excluding steroid dienone is 8. The molecule has 1 unspecified atom stereocenters. The van der Waals surface area contributed by atoms with Crippen LogP contribution in [0, 0.1) is 5.92 Å². The Morgan fingerprint density at radius 3 is 2.57 bits per heavy atom. The van der Waals surface area contributed by atoms with Gasteiger partial charge >= 0.3 is 0 Å². The SMILES string of the molecule is CCc1c(-c2cn(-c3ccc4c(c3)C3=CCCC=C3C3CC=CC=C43)c3c2=CCCC=3)oc2ccc3ccc4ccccc4c3c12. The maximum absolute atomic E-state index is 6.89. The van der Waals surface area contributed by atoms with Crippen molar-refractivity contribution in [2.75, 3.05) is 0 Å². The number of benzene rings is 4. The number of hydrogen-bond donors (Lipinski definition) is 0. The van der Waals surface area contributed by atoms with Gasteiger partial charge in [-0.05, 0) is 101 Å². The third-order valence-corrected chi connectivity index (χ3v) is 10.8. The number of rotatable bonds is 3. The lowest BCUT2D eigenvalue weighted by molar-refractivity contribution is 0.627. The van der Waals surface area contributed by atoms with Crippen LogP contribution in [0.2, 0.25) is 0 Å². The molecule has 1 atom stereocenters. The molecule has 0 saturated heterocycles. The Bertz CT molecular complexity index is 2540. The molecule has 46 heavy (non-hydrogen) atoms. The van der Waals surface area contributed by atoms with Crippen LogP contribution in [0.25, 0.3) is 72.8 Å². The smallest absolute Gasteiger partial charge is 0.140 e. The summed E-state index contributed by atoms with van der Waals surface area (Å²) < 4.78 is 9.32. The molecule has 0 spiro atoms. The van der Waals surface area contributed by atoms with E-state index < -0.39 is 0 Å². The molecule has 0 N–H and O–H groups in total. The minimum atomic E-state index is 0.484. The highest BCUT2D eigenvalue weighted by Gasteiger charge is 2.32. The Kier molecular flexibility index (Phi) is 5.67. The zero-order valence-electron chi connectivity index (χ0n) is 26.1. The number of nitrogens with zero attached hydrogens (tertiary/aromatic N) is 1. The van der Waals surface area contributed by atoms with Gasteiger partial charge in [0.25, 0.3) is 0 Å². The molecule has 2 aromatic heterocycles. The average molecular weight is 594 g/mol. The minimum Gasteiger partial charge on any atom is -0.456 e. The summed E-state index contributed by atoms with van der Waals surface area (Å²) in [5.74, 6) is 1.50. The summed E-state index contributed by atoms with van der Waals surface area (Å²) in [4.78, 5) is 0. The molecule has 0 saturated carbocycles. The van der Waals surface area contributed by atoms with Crippen molar-refractivity contribution in [3.05, 3.63) is 136 Å². The molecule has 4 aliphatic rings. The molecule has 0 fully saturated rings. The van der Waals surface area contributed by atoms with Gasteiger partial charge in [0.15, 0.2) is 0 Å². The first kappa shape index (κ1) is 26.2. The van der Waals surface area contributed by atoms with Gasteiger partial charge < -0.3 is 8.98 Å². The van der Waals surface area contributed by atoms with E-state index in [4.69, 9.17) is 4.42 Å². The molecule has 222 valence electrons. The van der Waals surface area contributed by atoms with Crippen LogP contribution < -0.4 is 10.6 Å². The topological polar surface area (TPSA) is 18.1 Å². The normalized spacial score (nSPS) is 18.2. The molecule has 0 amide bonds. The summed E-state index contributed by atoms with van der Waals surface area (Å²) in [6.07, 6.45) is 25.5. The summed E-state index contributed by atoms with van der Waals surface area (Å²) >= 11 is 0. The average Bonchev–Trinajstić information content (AvgIpc) is 3.70. The molecule has 0 radical (unpaired) electrons. The van der Waals surface area contributed by atoms with Crippen LogP contribution in [-0.4, -0.2) is 4.57 Å². The van der Waals surface area contributed by atoms with E-state index in [-0.39, 0.29) is 0 Å². The van der Waals surface area contributed by atoms with Crippen molar-refractivity contribution in [1.29, 1.82) is 0 Å². The van der Waals surface area contributed by atoms with Crippen molar-refractivity contribution in [3.63, 3.8) is 0 Å². The van der Waals surface area contributed by atoms with Crippen molar-refractivity contribution in [3.8, 4) is 17.0 Å². The molecule has 0 bridgehead atoms. The molecular formula is C44H35NO. The fraction of sp³-hybridized carbons (Fsp3) is 0.182. The quantitative estimate of drug-likeness (QED) is 0.187. The van der Waals surface area contributed by atoms with Gasteiger partial charge in [0.1, 0.15) is 11.3 Å². The monoisotopic (exact) mass is 593 g/mol. The van der Waals surface area contributed by atoms with Crippen molar-refractivity contribution < 1.29 is 4.42 Å². The number of furan rings is 1. The second-order valence-electron chi connectivity index (χ2n) is 13.2. The second-order valence-corrected chi connectivity index (χ2v) is 13.2. The van der Waals surface area contributed by atoms with Crippen LogP contribution in [-0.2, 0) is 6.42 Å². The van der Waals surface area contributed by atoms with Gasteiger partial charge in [0.2, 0.25) is 0 Å². The van der Waals surface area contributed by atoms with Crippen molar-refractivity contribution >= 4 is 55.8 Å². The minimum absolute atomic E-state index is 0.484. The van der Waals surface area contributed by atoms with E-state index in [9.17, 15) is 0 Å². The van der Waals surface area contributed by atoms with Gasteiger partial charge in [0, 0.05) is 50.3 Å². The van der Waals surface area contributed by atoms with E-state index in [1.807, 2.05) is 0 Å². The Morgan fingerprint density at radius 2 is 1.61 bits per heavy atom. The van der Waals surface area contributed by atoms with Crippen molar-refractivity contribution in [2.24, 2.45) is 5.92 Å². The summed E-state index contributed by atoms with van der Waals surface area (Å²) in [5, 5.41) is 8.95. The third kappa shape index (κ3) is 3.64. The van der Waals surface area contributed by atoms with Crippen LogP contribution in [0.3, 0.4) is 0 Å². The second kappa shape index (κ2) is 9.96. The van der Waals surface area contributed by atoms with Gasteiger partial charge in [-0.15, -0.1) is 0 Å². The standard InChI is InChI=1S/C44H35NO/c1-2-30-43-41(24-21-28-20-19-27-11-3-4-12-31(27)42(28)43)46-44(30)39-26-45(40-18-10-9-17-37(39)40)29-22-23-36-34-15-6-5-13-32(34)33-14-7-8-16-35(33)38(36)25-29/h3-6,11-12,14-26,32H,2,7-10,13H2,1H3. The molecule has 2 heterocycles. The van der Waals surface area contributed by atoms with Crippen molar-refractivity contribution in [2.45, 2.75) is 45.4 Å². The van der Waals surface area contributed by atoms with Gasteiger partial charge in [-0.3, -0.25) is 0 Å². The lowest BCUT2D eigenvalue weighted by Gasteiger charge is -2.35. The Labute approximate surface area is 268 Å². The summed E-state index contributed by atoms with van der Waals surface area (Å²) in [5.41, 5.74) is 11.9. The molecule has 4 aliphatic carbocycles. The highest BCUT2D eigenvalue weighted by Crippen LogP contribution is 2.50. The van der Waals surface area contributed by atoms with Gasteiger partial charge in [-0.2, -0.15) is 0 Å². The fourth-order valence-corrected chi connectivity index (χ4v) is 8.75. The van der Waals surface area contributed by atoms with Gasteiger partial charge in [0.05, 0.1) is 0 Å². The highest BCUT2D eigenvalue weighted by atomic mass is 16.3. The maximum Gasteiger partial charge on any atom is 0.140 e. The molecule has 6 aromatic rings. The molecule has 4 aromatic carbocycles. The summed E-state index contributed by atoms with van der Waals surface area (Å²) in [6.45, 7) is 2.27. The molecule has 2 nitrogen and oxygen atoms in total. The van der Waals surface area contributed by atoms with E-state index >= 15 is 0 Å². The van der Waals surface area contributed by atoms with E-state index in [1.54, 1.807) is 0 Å².